The first-order valence-corrected chi connectivity index (χ1v) is 16.4. The Morgan fingerprint density at radius 1 is 0.778 bits per heavy atom. The third kappa shape index (κ3) is 8.89. The van der Waals surface area contributed by atoms with E-state index in [1.54, 1.807) is 12.4 Å². The SMILES string of the molecule is CSCCC(NC(=O)C(Cc1c[nH]c2ccccc12)NC(=O)C(Cc1c[nH]c2ccccc12)NC(=O)C(N)CC(C)C)C(=O)O. The number of amides is 3. The Bertz CT molecular complexity index is 1630. The van der Waals surface area contributed by atoms with Crippen molar-refractivity contribution in [1.29, 1.82) is 0 Å². The molecule has 0 saturated carbocycles. The fourth-order valence-electron chi connectivity index (χ4n) is 5.39. The van der Waals surface area contributed by atoms with Crippen molar-refractivity contribution in [2.75, 3.05) is 12.0 Å². The Labute approximate surface area is 266 Å². The molecule has 0 fully saturated rings. The molecule has 4 rings (SSSR count). The largest absolute Gasteiger partial charge is 0.480 e. The normalized spacial score (nSPS) is 14.2. The Hall–Kier alpha value is -4.29. The second-order valence-corrected chi connectivity index (χ2v) is 12.7. The zero-order valence-corrected chi connectivity index (χ0v) is 26.6. The summed E-state index contributed by atoms with van der Waals surface area (Å²) in [5.74, 6) is -2.13. The Balaban J connectivity index is 1.63. The van der Waals surface area contributed by atoms with Gasteiger partial charge in [0.2, 0.25) is 17.7 Å². The lowest BCUT2D eigenvalue weighted by Crippen LogP contribution is -2.58. The van der Waals surface area contributed by atoms with E-state index in [0.717, 1.165) is 32.9 Å². The number of rotatable bonds is 16. The monoisotopic (exact) mass is 634 g/mol. The molecule has 0 radical (unpaired) electrons. The van der Waals surface area contributed by atoms with Crippen molar-refractivity contribution in [3.63, 3.8) is 0 Å². The van der Waals surface area contributed by atoms with Crippen LogP contribution >= 0.6 is 11.8 Å². The van der Waals surface area contributed by atoms with E-state index < -0.39 is 47.9 Å². The minimum atomic E-state index is -1.15. The number of aliphatic carboxylic acids is 1. The molecular weight excluding hydrogens is 592 g/mol. The van der Waals surface area contributed by atoms with Crippen LogP contribution in [0, 0.1) is 5.92 Å². The number of carbonyl (C=O) groups excluding carboxylic acids is 3. The molecule has 0 aliphatic carbocycles. The third-order valence-corrected chi connectivity index (χ3v) is 8.40. The summed E-state index contributed by atoms with van der Waals surface area (Å²) >= 11 is 1.47. The van der Waals surface area contributed by atoms with Crippen LogP contribution in [0.3, 0.4) is 0 Å². The van der Waals surface area contributed by atoms with E-state index in [-0.39, 0.29) is 25.2 Å². The maximum Gasteiger partial charge on any atom is 0.326 e. The minimum absolute atomic E-state index is 0.0943. The molecule has 240 valence electrons. The van der Waals surface area contributed by atoms with Crippen molar-refractivity contribution in [3.8, 4) is 0 Å². The van der Waals surface area contributed by atoms with Gasteiger partial charge in [-0.3, -0.25) is 14.4 Å². The summed E-state index contributed by atoms with van der Waals surface area (Å²) in [6.07, 6.45) is 6.32. The third-order valence-electron chi connectivity index (χ3n) is 7.75. The van der Waals surface area contributed by atoms with Crippen molar-refractivity contribution in [2.45, 2.75) is 63.7 Å². The van der Waals surface area contributed by atoms with Gasteiger partial charge in [0, 0.05) is 47.0 Å². The summed E-state index contributed by atoms with van der Waals surface area (Å²) in [6.45, 7) is 3.92. The van der Waals surface area contributed by atoms with Gasteiger partial charge in [-0.15, -0.1) is 0 Å². The molecule has 0 aliphatic rings. The van der Waals surface area contributed by atoms with Gasteiger partial charge >= 0.3 is 5.97 Å². The molecular formula is C33H42N6O5S. The number of hydrogen-bond donors (Lipinski definition) is 7. The van der Waals surface area contributed by atoms with E-state index in [0.29, 0.717) is 12.2 Å². The average molecular weight is 635 g/mol. The van der Waals surface area contributed by atoms with Crippen LogP contribution < -0.4 is 21.7 Å². The number of nitrogens with one attached hydrogen (secondary N) is 5. The maximum atomic E-state index is 14.0. The zero-order chi connectivity index (χ0) is 32.5. The first-order valence-electron chi connectivity index (χ1n) is 15.1. The highest BCUT2D eigenvalue weighted by molar-refractivity contribution is 7.98. The number of para-hydroxylation sites is 2. The lowest BCUT2D eigenvalue weighted by Gasteiger charge is -2.25. The Morgan fingerprint density at radius 3 is 1.71 bits per heavy atom. The standard InChI is InChI=1S/C33H42N6O5S/c1-19(2)14-24(34)30(40)38-28(15-20-17-35-25-10-6-4-8-22(20)25)32(42)39-29(31(41)37-27(33(43)44)12-13-45-3)16-21-18-36-26-11-7-5-9-23(21)26/h4-11,17-19,24,27-29,35-36H,12-16,34H2,1-3H3,(H,37,41)(H,38,40)(H,39,42)(H,43,44). The number of fused-ring (bicyclic) bond motifs is 2. The van der Waals surface area contributed by atoms with Crippen molar-refractivity contribution in [3.05, 3.63) is 72.1 Å². The lowest BCUT2D eigenvalue weighted by atomic mass is 10.00. The molecule has 0 saturated heterocycles. The summed E-state index contributed by atoms with van der Waals surface area (Å²) in [7, 11) is 0. The molecule has 2 aromatic heterocycles. The molecule has 0 spiro atoms. The fourth-order valence-corrected chi connectivity index (χ4v) is 5.86. The highest BCUT2D eigenvalue weighted by atomic mass is 32.2. The van der Waals surface area contributed by atoms with Crippen LogP contribution in [-0.4, -0.2) is 74.9 Å². The molecule has 12 heteroatoms. The number of benzene rings is 2. The maximum absolute atomic E-state index is 14.0. The second-order valence-electron chi connectivity index (χ2n) is 11.7. The lowest BCUT2D eigenvalue weighted by molar-refractivity contribution is -0.142. The van der Waals surface area contributed by atoms with Crippen molar-refractivity contribution >= 4 is 57.3 Å². The van der Waals surface area contributed by atoms with Crippen LogP contribution in [0.15, 0.2) is 60.9 Å². The highest BCUT2D eigenvalue weighted by Gasteiger charge is 2.31. The molecule has 4 atom stereocenters. The number of carboxylic acids is 1. The average Bonchev–Trinajstić information content (AvgIpc) is 3.61. The molecule has 2 heterocycles. The smallest absolute Gasteiger partial charge is 0.326 e. The van der Waals surface area contributed by atoms with Crippen LogP contribution in [-0.2, 0) is 32.0 Å². The van der Waals surface area contributed by atoms with Gasteiger partial charge in [-0.05, 0) is 54.0 Å². The van der Waals surface area contributed by atoms with E-state index in [1.807, 2.05) is 68.6 Å². The second kappa shape index (κ2) is 15.6. The quantitative estimate of drug-likeness (QED) is 0.0988. The Morgan fingerprint density at radius 2 is 1.24 bits per heavy atom. The van der Waals surface area contributed by atoms with Gasteiger partial charge in [0.25, 0.3) is 0 Å². The summed E-state index contributed by atoms with van der Waals surface area (Å²) in [4.78, 5) is 59.2. The molecule has 8 N–H and O–H groups in total. The number of thioether (sulfide) groups is 1. The van der Waals surface area contributed by atoms with E-state index >= 15 is 0 Å². The van der Waals surface area contributed by atoms with E-state index in [1.165, 1.54) is 11.8 Å². The molecule has 0 bridgehead atoms. The van der Waals surface area contributed by atoms with Crippen LogP contribution in [0.5, 0.6) is 0 Å². The summed E-state index contributed by atoms with van der Waals surface area (Å²) in [5.41, 5.74) is 9.51. The highest BCUT2D eigenvalue weighted by Crippen LogP contribution is 2.21. The summed E-state index contributed by atoms with van der Waals surface area (Å²) in [5, 5.41) is 19.8. The number of aromatic amines is 2. The number of hydrogen-bond acceptors (Lipinski definition) is 6. The van der Waals surface area contributed by atoms with Gasteiger partial charge in [0.05, 0.1) is 6.04 Å². The molecule has 4 unspecified atom stereocenters. The fraction of sp³-hybridized carbons (Fsp3) is 0.394. The first kappa shape index (κ1) is 33.6. The number of nitrogens with two attached hydrogens (primary N) is 1. The number of carbonyl (C=O) groups is 4. The topological polar surface area (TPSA) is 182 Å². The van der Waals surface area contributed by atoms with E-state index in [9.17, 15) is 24.3 Å². The molecule has 3 amide bonds. The van der Waals surface area contributed by atoms with Crippen molar-refractivity contribution in [1.82, 2.24) is 25.9 Å². The Kier molecular flexibility index (Phi) is 11.7. The van der Waals surface area contributed by atoms with Gasteiger partial charge in [-0.25, -0.2) is 4.79 Å². The van der Waals surface area contributed by atoms with Gasteiger partial charge < -0.3 is 36.8 Å². The van der Waals surface area contributed by atoms with Crippen molar-refractivity contribution in [2.24, 2.45) is 11.7 Å². The van der Waals surface area contributed by atoms with Gasteiger partial charge in [-0.2, -0.15) is 11.8 Å². The predicted octanol–water partition coefficient (Wildman–Crippen LogP) is 3.10. The predicted molar refractivity (Wildman–Crippen MR) is 178 cm³/mol. The first-order chi connectivity index (χ1) is 21.6. The molecule has 11 nitrogen and oxygen atoms in total. The summed E-state index contributed by atoms with van der Waals surface area (Å²) in [6, 6.07) is 11.1. The molecule has 2 aromatic carbocycles. The number of carboxylic acid groups (broad SMARTS) is 1. The van der Waals surface area contributed by atoms with Crippen LogP contribution in [0.2, 0.25) is 0 Å². The molecule has 4 aromatic rings. The van der Waals surface area contributed by atoms with E-state index in [2.05, 4.69) is 25.9 Å². The number of aromatic nitrogens is 2. The molecule has 0 aliphatic heterocycles. The minimum Gasteiger partial charge on any atom is -0.480 e. The van der Waals surface area contributed by atoms with Crippen LogP contribution in [0.25, 0.3) is 21.8 Å². The van der Waals surface area contributed by atoms with Crippen LogP contribution in [0.4, 0.5) is 0 Å². The van der Waals surface area contributed by atoms with Gasteiger partial charge in [-0.1, -0.05) is 50.2 Å². The van der Waals surface area contributed by atoms with Gasteiger partial charge in [0.15, 0.2) is 0 Å². The number of H-pyrrole nitrogens is 2. The van der Waals surface area contributed by atoms with Crippen molar-refractivity contribution < 1.29 is 24.3 Å². The molecule has 45 heavy (non-hydrogen) atoms. The summed E-state index contributed by atoms with van der Waals surface area (Å²) < 4.78 is 0. The van der Waals surface area contributed by atoms with Gasteiger partial charge in [0.1, 0.15) is 18.1 Å². The van der Waals surface area contributed by atoms with Crippen LogP contribution in [0.1, 0.15) is 37.8 Å². The zero-order valence-electron chi connectivity index (χ0n) is 25.8. The van der Waals surface area contributed by atoms with E-state index in [4.69, 9.17) is 5.73 Å².